The molecule has 0 aliphatic carbocycles. The molecule has 0 unspecified atom stereocenters. The molecule has 1 amide bonds. The van der Waals surface area contributed by atoms with Crippen LogP contribution in [0.4, 0.5) is 5.82 Å². The van der Waals surface area contributed by atoms with E-state index in [1.807, 2.05) is 24.3 Å². The highest BCUT2D eigenvalue weighted by atomic mass is 16.5. The van der Waals surface area contributed by atoms with Crippen LogP contribution in [0.3, 0.4) is 0 Å². The Balaban J connectivity index is 1.53. The van der Waals surface area contributed by atoms with Crippen molar-refractivity contribution >= 4 is 11.7 Å². The van der Waals surface area contributed by atoms with Crippen molar-refractivity contribution in [1.82, 2.24) is 14.8 Å². The number of rotatable bonds is 7. The van der Waals surface area contributed by atoms with Crippen LogP contribution < -0.4 is 10.1 Å². The molecular weight excluding hydrogens is 378 g/mol. The first-order valence-electron chi connectivity index (χ1n) is 9.81. The van der Waals surface area contributed by atoms with Crippen LogP contribution in [0.15, 0.2) is 54.9 Å². The Bertz CT molecular complexity index is 1030. The summed E-state index contributed by atoms with van der Waals surface area (Å²) < 4.78 is 7.19. The van der Waals surface area contributed by atoms with E-state index in [1.165, 1.54) is 16.4 Å². The van der Waals surface area contributed by atoms with Gasteiger partial charge in [0.15, 0.2) is 11.6 Å². The number of carbonyl (C=O) groups is 1. The molecule has 154 valence electrons. The summed E-state index contributed by atoms with van der Waals surface area (Å²) in [5.74, 6) is 1.41. The summed E-state index contributed by atoms with van der Waals surface area (Å²) in [5.41, 5.74) is 1.62. The number of ether oxygens (including phenoxy) is 1. The smallest absolute Gasteiger partial charge is 0.225 e. The minimum absolute atomic E-state index is 0.0979. The number of nitriles is 1. The van der Waals surface area contributed by atoms with E-state index in [4.69, 9.17) is 4.74 Å². The Kier molecular flexibility index (Phi) is 6.48. The van der Waals surface area contributed by atoms with Crippen LogP contribution in [0, 0.1) is 11.3 Å². The molecule has 30 heavy (non-hydrogen) atoms. The summed E-state index contributed by atoms with van der Waals surface area (Å²) in [6.45, 7) is 6.92. The number of hydrogen-bond donors (Lipinski definition) is 1. The molecule has 1 aromatic carbocycles. The minimum atomic E-state index is -0.212. The van der Waals surface area contributed by atoms with E-state index < -0.39 is 0 Å². The predicted octanol–water partition coefficient (Wildman–Crippen LogP) is 4.23. The summed E-state index contributed by atoms with van der Waals surface area (Å²) in [6, 6.07) is 15.4. The molecule has 2 heterocycles. The minimum Gasteiger partial charge on any atom is -0.494 e. The number of benzene rings is 1. The highest BCUT2D eigenvalue weighted by molar-refractivity contribution is 5.91. The third kappa shape index (κ3) is 5.23. The topological polar surface area (TPSA) is 92.8 Å². The van der Waals surface area contributed by atoms with Gasteiger partial charge in [0.05, 0.1) is 12.8 Å². The lowest BCUT2D eigenvalue weighted by Crippen LogP contribution is -2.17. The maximum absolute atomic E-state index is 12.4. The van der Waals surface area contributed by atoms with Gasteiger partial charge in [-0.15, -0.1) is 0 Å². The highest BCUT2D eigenvalue weighted by Crippen LogP contribution is 2.24. The Morgan fingerprint density at radius 2 is 1.97 bits per heavy atom. The number of nitrogens with one attached hydrogen (secondary N) is 1. The maximum atomic E-state index is 12.4. The summed E-state index contributed by atoms with van der Waals surface area (Å²) in [6.07, 6.45) is 3.85. The zero-order chi connectivity index (χ0) is 21.6. The van der Waals surface area contributed by atoms with Gasteiger partial charge < -0.3 is 10.1 Å². The second-order valence-electron chi connectivity index (χ2n) is 7.89. The van der Waals surface area contributed by atoms with Gasteiger partial charge in [-0.25, -0.2) is 4.98 Å². The number of amides is 1. The molecule has 3 rings (SSSR count). The van der Waals surface area contributed by atoms with Gasteiger partial charge in [-0.2, -0.15) is 15.0 Å². The summed E-state index contributed by atoms with van der Waals surface area (Å²) in [5, 5.41) is 16.2. The average molecular weight is 403 g/mol. The predicted molar refractivity (Wildman–Crippen MR) is 115 cm³/mol. The molecule has 0 spiro atoms. The van der Waals surface area contributed by atoms with E-state index in [1.54, 1.807) is 18.3 Å². The normalized spacial score (nSPS) is 11.0. The quantitative estimate of drug-likeness (QED) is 0.596. The molecule has 0 aliphatic heterocycles. The van der Waals surface area contributed by atoms with Gasteiger partial charge in [-0.1, -0.05) is 39.0 Å². The molecule has 0 bridgehead atoms. The monoisotopic (exact) mass is 403 g/mol. The van der Waals surface area contributed by atoms with Crippen molar-refractivity contribution in [2.24, 2.45) is 0 Å². The first-order chi connectivity index (χ1) is 14.4. The molecular formula is C23H25N5O2. The molecule has 7 heteroatoms. The lowest BCUT2D eigenvalue weighted by Gasteiger charge is -2.19. The van der Waals surface area contributed by atoms with E-state index in [9.17, 15) is 10.1 Å². The summed E-state index contributed by atoms with van der Waals surface area (Å²) in [7, 11) is 0. The third-order valence-corrected chi connectivity index (χ3v) is 4.55. The van der Waals surface area contributed by atoms with E-state index in [-0.39, 0.29) is 23.3 Å². The van der Waals surface area contributed by atoms with Gasteiger partial charge in [-0.05, 0) is 41.7 Å². The van der Waals surface area contributed by atoms with Crippen LogP contribution in [0.2, 0.25) is 0 Å². The van der Waals surface area contributed by atoms with Crippen molar-refractivity contribution in [2.75, 3.05) is 11.9 Å². The Morgan fingerprint density at radius 1 is 1.20 bits per heavy atom. The molecule has 0 atom stereocenters. The number of carbonyl (C=O) groups excluding carboxylic acids is 1. The van der Waals surface area contributed by atoms with Crippen molar-refractivity contribution < 1.29 is 9.53 Å². The van der Waals surface area contributed by atoms with Gasteiger partial charge in [0.25, 0.3) is 0 Å². The molecule has 7 nitrogen and oxygen atoms in total. The van der Waals surface area contributed by atoms with E-state index >= 15 is 0 Å². The SMILES string of the molecule is CC(C)(C)c1ccc(OCCCC(=O)Nc2c(C#N)cnn2-c2ccccn2)cc1. The van der Waals surface area contributed by atoms with Gasteiger partial charge in [0, 0.05) is 12.6 Å². The van der Waals surface area contributed by atoms with Crippen molar-refractivity contribution in [3.8, 4) is 17.6 Å². The third-order valence-electron chi connectivity index (χ3n) is 4.55. The number of pyridine rings is 1. The second-order valence-corrected chi connectivity index (χ2v) is 7.89. The molecule has 0 fully saturated rings. The number of anilines is 1. The molecule has 2 aromatic heterocycles. The second kappa shape index (κ2) is 9.23. The Hall–Kier alpha value is -3.66. The van der Waals surface area contributed by atoms with Gasteiger partial charge in [0.1, 0.15) is 17.4 Å². The zero-order valence-corrected chi connectivity index (χ0v) is 17.4. The highest BCUT2D eigenvalue weighted by Gasteiger charge is 2.16. The summed E-state index contributed by atoms with van der Waals surface area (Å²) >= 11 is 0. The van der Waals surface area contributed by atoms with E-state index in [2.05, 4.69) is 48.3 Å². The van der Waals surface area contributed by atoms with Crippen molar-refractivity contribution in [3.63, 3.8) is 0 Å². The summed E-state index contributed by atoms with van der Waals surface area (Å²) in [4.78, 5) is 16.6. The molecule has 0 aliphatic rings. The van der Waals surface area contributed by atoms with Crippen LogP contribution in [-0.4, -0.2) is 27.3 Å². The van der Waals surface area contributed by atoms with Crippen molar-refractivity contribution in [1.29, 1.82) is 5.26 Å². The zero-order valence-electron chi connectivity index (χ0n) is 17.4. The van der Waals surface area contributed by atoms with Gasteiger partial charge in [0.2, 0.25) is 5.91 Å². The lowest BCUT2D eigenvalue weighted by molar-refractivity contribution is -0.116. The molecule has 0 saturated heterocycles. The van der Waals surface area contributed by atoms with Crippen LogP contribution >= 0.6 is 0 Å². The molecule has 1 N–H and O–H groups in total. The molecule has 0 radical (unpaired) electrons. The van der Waals surface area contributed by atoms with E-state index in [0.29, 0.717) is 24.7 Å². The maximum Gasteiger partial charge on any atom is 0.225 e. The fraction of sp³-hybridized carbons (Fsp3) is 0.304. The fourth-order valence-corrected chi connectivity index (χ4v) is 2.87. The Labute approximate surface area is 176 Å². The molecule has 3 aromatic rings. The number of nitrogens with zero attached hydrogens (tertiary/aromatic N) is 4. The van der Waals surface area contributed by atoms with Crippen molar-refractivity contribution in [2.45, 2.75) is 39.0 Å². The Morgan fingerprint density at radius 3 is 2.60 bits per heavy atom. The fourth-order valence-electron chi connectivity index (χ4n) is 2.87. The number of aromatic nitrogens is 3. The largest absolute Gasteiger partial charge is 0.494 e. The lowest BCUT2D eigenvalue weighted by atomic mass is 9.87. The first-order valence-corrected chi connectivity index (χ1v) is 9.81. The number of hydrogen-bond acceptors (Lipinski definition) is 5. The van der Waals surface area contributed by atoms with Crippen molar-refractivity contribution in [3.05, 3.63) is 66.0 Å². The van der Waals surface area contributed by atoms with Crippen LogP contribution in [-0.2, 0) is 10.2 Å². The van der Waals surface area contributed by atoms with E-state index in [0.717, 1.165) is 5.75 Å². The van der Waals surface area contributed by atoms with Crippen LogP contribution in [0.5, 0.6) is 5.75 Å². The first kappa shape index (κ1) is 21.1. The van der Waals surface area contributed by atoms with Crippen LogP contribution in [0.25, 0.3) is 5.82 Å². The standard InChI is InChI=1S/C23H25N5O2/c1-23(2,3)18-9-11-19(12-10-18)30-14-6-8-21(29)27-22-17(15-24)16-26-28(22)20-7-4-5-13-25-20/h4-5,7,9-13,16H,6,8,14H2,1-3H3,(H,27,29). The molecule has 0 saturated carbocycles. The van der Waals surface area contributed by atoms with Crippen LogP contribution in [0.1, 0.15) is 44.7 Å². The average Bonchev–Trinajstić information content (AvgIpc) is 3.14. The van der Waals surface area contributed by atoms with Gasteiger partial charge in [-0.3, -0.25) is 4.79 Å². The van der Waals surface area contributed by atoms with Gasteiger partial charge >= 0.3 is 0 Å².